The average Bonchev–Trinajstić information content (AvgIpc) is 3.30. The van der Waals surface area contributed by atoms with Crippen molar-refractivity contribution in [3.63, 3.8) is 0 Å². The van der Waals surface area contributed by atoms with E-state index < -0.39 is 11.7 Å². The van der Waals surface area contributed by atoms with E-state index in [2.05, 4.69) is 48.0 Å². The van der Waals surface area contributed by atoms with Crippen LogP contribution in [0.5, 0.6) is 0 Å². The average molecular weight is 454 g/mol. The van der Waals surface area contributed by atoms with Gasteiger partial charge in [0.05, 0.1) is 5.41 Å². The Hall–Kier alpha value is -3.08. The molecule has 1 aliphatic heterocycles. The van der Waals surface area contributed by atoms with E-state index in [4.69, 9.17) is 15.2 Å². The highest BCUT2D eigenvalue weighted by molar-refractivity contribution is 5.62. The molecule has 3 aromatic rings. The predicted octanol–water partition coefficient (Wildman–Crippen LogP) is 1.50. The zero-order valence-electron chi connectivity index (χ0n) is 19.2. The molecule has 0 amide bonds. The molecule has 0 aliphatic carbocycles. The molecule has 1 saturated heterocycles. The van der Waals surface area contributed by atoms with Gasteiger partial charge in [-0.15, -0.1) is 0 Å². The van der Waals surface area contributed by atoms with Crippen molar-refractivity contribution < 1.29 is 14.7 Å². The van der Waals surface area contributed by atoms with Crippen molar-refractivity contribution in [2.24, 2.45) is 5.92 Å². The van der Waals surface area contributed by atoms with Crippen LogP contribution in [0.25, 0.3) is 11.1 Å². The van der Waals surface area contributed by atoms with E-state index in [1.807, 2.05) is 21.9 Å². The van der Waals surface area contributed by atoms with Crippen LogP contribution in [0.3, 0.4) is 0 Å². The maximum atomic E-state index is 9.18. The molecule has 1 aliphatic rings. The maximum Gasteiger partial charge on any atom is 0.324 e. The van der Waals surface area contributed by atoms with E-state index >= 15 is 0 Å². The Morgan fingerprint density at radius 1 is 1.03 bits per heavy atom. The number of nitrogens with zero attached hydrogens (tertiary/aromatic N) is 6. The third kappa shape index (κ3) is 4.82. The number of piperazine rings is 1. The van der Waals surface area contributed by atoms with Crippen molar-refractivity contribution >= 4 is 12.0 Å². The summed E-state index contributed by atoms with van der Waals surface area (Å²) in [6, 6.07) is 8.75. The zero-order valence-corrected chi connectivity index (χ0v) is 19.2. The second-order valence-corrected chi connectivity index (χ2v) is 8.93. The molecule has 1 unspecified atom stereocenters. The lowest BCUT2D eigenvalue weighted by Crippen LogP contribution is -2.48. The summed E-state index contributed by atoms with van der Waals surface area (Å²) in [6.07, 6.45) is 2.11. The Labute approximate surface area is 193 Å². The summed E-state index contributed by atoms with van der Waals surface area (Å²) in [4.78, 5) is 17.0. The fraction of sp³-hybridized carbons (Fsp3) is 0.478. The van der Waals surface area contributed by atoms with E-state index in [0.29, 0.717) is 38.0 Å². The minimum atomic E-state index is -1.32. The van der Waals surface area contributed by atoms with Crippen molar-refractivity contribution in [3.8, 4) is 11.1 Å². The molecule has 1 atom stereocenters. The highest BCUT2D eigenvalue weighted by Gasteiger charge is 2.38. The molecular weight excluding hydrogens is 422 g/mol. The van der Waals surface area contributed by atoms with Gasteiger partial charge in [0, 0.05) is 50.7 Å². The number of hydrogen-bond donors (Lipinski definition) is 3. The Morgan fingerprint density at radius 3 is 2.24 bits per heavy atom. The number of nitrogen functional groups attached to an aromatic ring is 1. The molecule has 0 radical (unpaired) electrons. The molecule has 1 fully saturated rings. The van der Waals surface area contributed by atoms with Gasteiger partial charge in [-0.1, -0.05) is 43.3 Å². The smallest absolute Gasteiger partial charge is 0.324 e. The van der Waals surface area contributed by atoms with Crippen LogP contribution in [0, 0.1) is 5.92 Å². The summed E-state index contributed by atoms with van der Waals surface area (Å²) < 4.78 is 5.66. The highest BCUT2D eigenvalue weighted by Crippen LogP contribution is 2.38. The van der Waals surface area contributed by atoms with Crippen LogP contribution in [0.4, 0.5) is 12.0 Å². The molecule has 1 aromatic carbocycles. The quantitative estimate of drug-likeness (QED) is 0.451. The first-order chi connectivity index (χ1) is 15.8. The second kappa shape index (κ2) is 9.42. The number of benzene rings is 1. The number of aliphatic hydroxyl groups excluding tert-OH is 1. The standard InChI is InChI=1S/C23H31N7O3/c1-15(2)23(3,18-6-4-16(5-7-18)17-12-25-21(24)26-13-17)20-27-22(33-28-20)30-10-8-29(9-11-30)14-19(31)32/h4-7,12-13,15,19,31-32H,8-11,14H2,1-3H3,(H2,24,25,26). The van der Waals surface area contributed by atoms with Gasteiger partial charge >= 0.3 is 6.01 Å². The van der Waals surface area contributed by atoms with Crippen molar-refractivity contribution in [2.45, 2.75) is 32.5 Å². The fourth-order valence-electron chi connectivity index (χ4n) is 4.12. The van der Waals surface area contributed by atoms with Gasteiger partial charge in [0.1, 0.15) is 0 Å². The lowest BCUT2D eigenvalue weighted by atomic mass is 9.72. The minimum Gasteiger partial charge on any atom is -0.368 e. The van der Waals surface area contributed by atoms with Gasteiger partial charge in [-0.05, 0) is 24.0 Å². The summed E-state index contributed by atoms with van der Waals surface area (Å²) >= 11 is 0. The largest absolute Gasteiger partial charge is 0.368 e. The summed E-state index contributed by atoms with van der Waals surface area (Å²) in [5.74, 6) is 1.11. The molecule has 3 heterocycles. The number of aliphatic hydroxyl groups is 2. The molecule has 2 aromatic heterocycles. The Kier molecular flexibility index (Phi) is 6.59. The summed E-state index contributed by atoms with van der Waals surface area (Å²) in [6.45, 7) is 9.45. The van der Waals surface area contributed by atoms with Gasteiger partial charge in [0.25, 0.3) is 0 Å². The van der Waals surface area contributed by atoms with Gasteiger partial charge in [-0.2, -0.15) is 4.98 Å². The Balaban J connectivity index is 1.54. The molecule has 4 N–H and O–H groups in total. The van der Waals surface area contributed by atoms with E-state index in [-0.39, 0.29) is 18.4 Å². The van der Waals surface area contributed by atoms with E-state index in [1.54, 1.807) is 12.4 Å². The van der Waals surface area contributed by atoms with Crippen molar-refractivity contribution in [1.29, 1.82) is 0 Å². The van der Waals surface area contributed by atoms with Crippen molar-refractivity contribution in [2.75, 3.05) is 43.4 Å². The molecule has 4 rings (SSSR count). The van der Waals surface area contributed by atoms with Crippen LogP contribution in [0.15, 0.2) is 41.2 Å². The van der Waals surface area contributed by atoms with Gasteiger partial charge in [-0.25, -0.2) is 9.97 Å². The number of aromatic nitrogens is 4. The first kappa shape index (κ1) is 23.1. The zero-order chi connectivity index (χ0) is 23.6. The van der Waals surface area contributed by atoms with Crippen LogP contribution in [-0.4, -0.2) is 74.2 Å². The van der Waals surface area contributed by atoms with Crippen LogP contribution in [0.1, 0.15) is 32.2 Å². The monoisotopic (exact) mass is 453 g/mol. The lowest BCUT2D eigenvalue weighted by molar-refractivity contribution is -0.0618. The van der Waals surface area contributed by atoms with E-state index in [9.17, 15) is 10.2 Å². The van der Waals surface area contributed by atoms with Crippen LogP contribution >= 0.6 is 0 Å². The molecule has 10 heteroatoms. The normalized spacial score (nSPS) is 17.0. The van der Waals surface area contributed by atoms with Gasteiger partial charge in [-0.3, -0.25) is 4.90 Å². The summed E-state index contributed by atoms with van der Waals surface area (Å²) in [7, 11) is 0. The number of rotatable bonds is 7. The maximum absolute atomic E-state index is 9.18. The topological polar surface area (TPSA) is 138 Å². The van der Waals surface area contributed by atoms with Crippen LogP contribution in [0.2, 0.25) is 0 Å². The van der Waals surface area contributed by atoms with Crippen LogP contribution < -0.4 is 10.6 Å². The minimum absolute atomic E-state index is 0.219. The first-order valence-electron chi connectivity index (χ1n) is 11.1. The fourth-order valence-corrected chi connectivity index (χ4v) is 4.12. The number of nitrogens with two attached hydrogens (primary N) is 1. The SMILES string of the molecule is CC(C)C(C)(c1ccc(-c2cnc(N)nc2)cc1)c1noc(N2CCN(CC(O)O)CC2)n1. The Morgan fingerprint density at radius 2 is 1.67 bits per heavy atom. The molecule has 10 nitrogen and oxygen atoms in total. The van der Waals surface area contributed by atoms with Crippen molar-refractivity contribution in [1.82, 2.24) is 25.0 Å². The molecule has 0 bridgehead atoms. The van der Waals surface area contributed by atoms with Crippen molar-refractivity contribution in [3.05, 3.63) is 48.0 Å². The Bertz CT molecular complexity index is 1040. The van der Waals surface area contributed by atoms with Gasteiger partial charge in [0.2, 0.25) is 5.95 Å². The van der Waals surface area contributed by atoms with E-state index in [0.717, 1.165) is 16.7 Å². The second-order valence-electron chi connectivity index (χ2n) is 8.93. The van der Waals surface area contributed by atoms with Gasteiger partial charge in [0.15, 0.2) is 12.1 Å². The van der Waals surface area contributed by atoms with Gasteiger partial charge < -0.3 is 25.4 Å². The number of anilines is 2. The van der Waals surface area contributed by atoms with E-state index in [1.165, 1.54) is 0 Å². The third-order valence-corrected chi connectivity index (χ3v) is 6.59. The summed E-state index contributed by atoms with van der Waals surface area (Å²) in [5.41, 5.74) is 8.14. The highest BCUT2D eigenvalue weighted by atomic mass is 16.5. The predicted molar refractivity (Wildman–Crippen MR) is 124 cm³/mol. The number of β-amino-alcohol motifs (C(OH)–C–C–N with tert-alkyl or cyclic N) is 2. The lowest BCUT2D eigenvalue weighted by Gasteiger charge is -2.34. The van der Waals surface area contributed by atoms with Crippen LogP contribution in [-0.2, 0) is 5.41 Å². The molecular formula is C23H31N7O3. The third-order valence-electron chi connectivity index (χ3n) is 6.59. The molecule has 0 saturated carbocycles. The first-order valence-corrected chi connectivity index (χ1v) is 11.1. The molecule has 33 heavy (non-hydrogen) atoms. The molecule has 0 spiro atoms. The summed E-state index contributed by atoms with van der Waals surface area (Å²) in [5, 5.41) is 22.7. The molecule has 176 valence electrons. The number of hydrogen-bond acceptors (Lipinski definition) is 10.